The molecule has 4 rings (SSSR count). The van der Waals surface area contributed by atoms with Crippen molar-refractivity contribution in [3.05, 3.63) is 54.4 Å². The number of anilines is 3. The van der Waals surface area contributed by atoms with Crippen molar-refractivity contribution in [3.63, 3.8) is 0 Å². The maximum atomic E-state index is 12.2. The summed E-state index contributed by atoms with van der Waals surface area (Å²) in [6, 6.07) is 12.0. The molecule has 0 saturated carbocycles. The normalized spacial score (nSPS) is 16.4. The van der Waals surface area contributed by atoms with E-state index in [-0.39, 0.29) is 17.7 Å². The summed E-state index contributed by atoms with van der Waals surface area (Å²) >= 11 is 0. The van der Waals surface area contributed by atoms with Crippen LogP contribution in [0.2, 0.25) is 0 Å². The number of morpholine rings is 1. The highest BCUT2D eigenvalue weighted by Gasteiger charge is 2.23. The van der Waals surface area contributed by atoms with E-state index < -0.39 is 15.9 Å². The minimum Gasteiger partial charge on any atom is -0.377 e. The van der Waals surface area contributed by atoms with Gasteiger partial charge in [0, 0.05) is 36.8 Å². The van der Waals surface area contributed by atoms with Crippen molar-refractivity contribution in [1.82, 2.24) is 19.7 Å². The number of nitrogens with one attached hydrogen (secondary N) is 2. The van der Waals surface area contributed by atoms with E-state index in [2.05, 4.69) is 30.6 Å². The molecule has 2 amide bonds. The Morgan fingerprint density at radius 2 is 1.97 bits per heavy atom. The van der Waals surface area contributed by atoms with Crippen LogP contribution in [0.3, 0.4) is 0 Å². The monoisotopic (exact) mass is 471 g/mol. The van der Waals surface area contributed by atoms with Crippen molar-refractivity contribution >= 4 is 33.2 Å². The first-order valence-electron chi connectivity index (χ1n) is 10.4. The molecule has 0 spiro atoms. The minimum absolute atomic E-state index is 0.0733. The molecule has 11 nitrogen and oxygen atoms in total. The molecule has 2 aromatic heterocycles. The van der Waals surface area contributed by atoms with Crippen LogP contribution in [-0.2, 0) is 20.3 Å². The van der Waals surface area contributed by atoms with Gasteiger partial charge in [0.05, 0.1) is 30.7 Å². The van der Waals surface area contributed by atoms with Gasteiger partial charge < -0.3 is 15.0 Å². The molecule has 1 aliphatic heterocycles. The molecule has 1 fully saturated rings. The molecular formula is C21H25N7O4S. The second kappa shape index (κ2) is 9.55. The van der Waals surface area contributed by atoms with Crippen molar-refractivity contribution in [2.24, 2.45) is 0 Å². The number of ether oxygens (including phenoxy) is 1. The van der Waals surface area contributed by atoms with Gasteiger partial charge in [-0.15, -0.1) is 5.10 Å². The molecule has 1 aromatic carbocycles. The van der Waals surface area contributed by atoms with E-state index in [1.54, 1.807) is 30.5 Å². The number of hydrogen-bond donors (Lipinski definition) is 2. The summed E-state index contributed by atoms with van der Waals surface area (Å²) < 4.78 is 30.7. The fourth-order valence-corrected chi connectivity index (χ4v) is 4.12. The molecule has 1 saturated heterocycles. The topological polar surface area (TPSA) is 131 Å². The van der Waals surface area contributed by atoms with E-state index in [1.807, 2.05) is 25.1 Å². The Hall–Kier alpha value is -3.51. The van der Waals surface area contributed by atoms with Gasteiger partial charge in [-0.2, -0.15) is 4.98 Å². The zero-order chi connectivity index (χ0) is 23.4. The van der Waals surface area contributed by atoms with Gasteiger partial charge in [0.25, 0.3) is 5.95 Å². The lowest BCUT2D eigenvalue weighted by atomic mass is 10.2. The number of hydrogen-bond acceptors (Lipinski definition) is 8. The first kappa shape index (κ1) is 22.7. The third-order valence-electron chi connectivity index (χ3n) is 4.89. The number of amides is 2. The lowest BCUT2D eigenvalue weighted by molar-refractivity contribution is 0.0985. The fourth-order valence-electron chi connectivity index (χ4n) is 3.43. The van der Waals surface area contributed by atoms with Crippen molar-refractivity contribution in [2.45, 2.75) is 18.7 Å². The Balaban J connectivity index is 1.58. The number of rotatable bonds is 6. The molecule has 0 aliphatic carbocycles. The van der Waals surface area contributed by atoms with E-state index in [1.165, 1.54) is 4.68 Å². The summed E-state index contributed by atoms with van der Waals surface area (Å²) in [5.41, 5.74) is 1.01. The summed E-state index contributed by atoms with van der Waals surface area (Å²) in [5.74, 6) is 0.879. The van der Waals surface area contributed by atoms with E-state index in [4.69, 9.17) is 4.74 Å². The third kappa shape index (κ3) is 6.05. The number of para-hydroxylation sites is 1. The van der Waals surface area contributed by atoms with E-state index >= 15 is 0 Å². The van der Waals surface area contributed by atoms with Gasteiger partial charge in [0.1, 0.15) is 5.82 Å². The van der Waals surface area contributed by atoms with Crippen LogP contribution in [0.15, 0.2) is 48.7 Å². The molecule has 1 atom stereocenters. The summed E-state index contributed by atoms with van der Waals surface area (Å²) in [7, 11) is -3.31. The van der Waals surface area contributed by atoms with Gasteiger partial charge in [-0.05, 0) is 19.1 Å². The average molecular weight is 472 g/mol. The Morgan fingerprint density at radius 1 is 1.18 bits per heavy atom. The molecule has 33 heavy (non-hydrogen) atoms. The molecule has 0 bridgehead atoms. The van der Waals surface area contributed by atoms with Crippen molar-refractivity contribution in [2.75, 3.05) is 41.5 Å². The molecule has 3 aromatic rings. The number of aromatic nitrogens is 4. The highest BCUT2D eigenvalue weighted by Crippen LogP contribution is 2.21. The van der Waals surface area contributed by atoms with Gasteiger partial charge in [-0.25, -0.2) is 22.9 Å². The predicted molar refractivity (Wildman–Crippen MR) is 124 cm³/mol. The Bertz CT molecular complexity index is 1230. The fraction of sp³-hybridized carbons (Fsp3) is 0.333. The van der Waals surface area contributed by atoms with E-state index in [9.17, 15) is 13.2 Å². The van der Waals surface area contributed by atoms with Gasteiger partial charge in [0.2, 0.25) is 0 Å². The number of nitrogens with zero attached hydrogens (tertiary/aromatic N) is 5. The smallest absolute Gasteiger partial charge is 0.324 e. The summed E-state index contributed by atoms with van der Waals surface area (Å²) in [4.78, 5) is 23.3. The highest BCUT2D eigenvalue weighted by molar-refractivity contribution is 7.89. The zero-order valence-electron chi connectivity index (χ0n) is 18.3. The van der Waals surface area contributed by atoms with E-state index in [0.29, 0.717) is 42.8 Å². The maximum absolute atomic E-state index is 12.2. The van der Waals surface area contributed by atoms with Crippen LogP contribution < -0.4 is 15.5 Å². The van der Waals surface area contributed by atoms with Crippen molar-refractivity contribution in [1.29, 1.82) is 0 Å². The molecule has 174 valence electrons. The molecule has 1 aliphatic rings. The lowest BCUT2D eigenvalue weighted by Crippen LogP contribution is -2.44. The average Bonchev–Trinajstić information content (AvgIpc) is 3.21. The molecule has 3 heterocycles. The van der Waals surface area contributed by atoms with Gasteiger partial charge in [-0.1, -0.05) is 18.2 Å². The molecular weight excluding hydrogens is 446 g/mol. The molecule has 2 N–H and O–H groups in total. The van der Waals surface area contributed by atoms with Crippen LogP contribution in [-0.4, -0.2) is 66.3 Å². The van der Waals surface area contributed by atoms with Crippen LogP contribution in [0.5, 0.6) is 0 Å². The SMILES string of the molecule is C[C@H]1COCCN1c1cc(CS(C)(=O)=O)nc(-n2ccc(NC(=O)Nc3ccccc3)n2)n1. The molecule has 0 radical (unpaired) electrons. The van der Waals surface area contributed by atoms with Gasteiger partial charge >= 0.3 is 6.03 Å². The minimum atomic E-state index is -3.31. The predicted octanol–water partition coefficient (Wildman–Crippen LogP) is 2.08. The highest BCUT2D eigenvalue weighted by atomic mass is 32.2. The Morgan fingerprint density at radius 3 is 2.70 bits per heavy atom. The van der Waals surface area contributed by atoms with Crippen LogP contribution >= 0.6 is 0 Å². The largest absolute Gasteiger partial charge is 0.377 e. The number of carbonyl (C=O) groups excluding carboxylic acids is 1. The lowest BCUT2D eigenvalue weighted by Gasteiger charge is -2.34. The molecule has 12 heteroatoms. The van der Waals surface area contributed by atoms with Crippen LogP contribution in [0, 0.1) is 0 Å². The second-order valence-corrected chi connectivity index (χ2v) is 9.94. The standard InChI is InChI=1S/C21H25N7O4S/c1-15-13-32-11-10-27(15)19-12-17(14-33(2,30)31)22-20(25-19)28-9-8-18(26-28)24-21(29)23-16-6-4-3-5-7-16/h3-9,12,15H,10-11,13-14H2,1-2H3,(H2,23,24,26,29)/t15-/m0/s1. The zero-order valence-corrected chi connectivity index (χ0v) is 19.1. The van der Waals surface area contributed by atoms with Gasteiger partial charge in [0.15, 0.2) is 15.7 Å². The Labute approximate surface area is 191 Å². The van der Waals surface area contributed by atoms with Crippen molar-refractivity contribution in [3.8, 4) is 5.95 Å². The Kier molecular flexibility index (Phi) is 6.56. The number of carbonyl (C=O) groups is 1. The van der Waals surface area contributed by atoms with E-state index in [0.717, 1.165) is 6.26 Å². The second-order valence-electron chi connectivity index (χ2n) is 7.80. The van der Waals surface area contributed by atoms with Crippen molar-refractivity contribution < 1.29 is 17.9 Å². The quantitative estimate of drug-likeness (QED) is 0.559. The summed E-state index contributed by atoms with van der Waals surface area (Å²) in [5, 5.41) is 9.71. The van der Waals surface area contributed by atoms with Gasteiger partial charge in [-0.3, -0.25) is 5.32 Å². The molecule has 0 unspecified atom stereocenters. The maximum Gasteiger partial charge on any atom is 0.324 e. The van der Waals surface area contributed by atoms with Crippen LogP contribution in [0.4, 0.5) is 22.1 Å². The van der Waals surface area contributed by atoms with Crippen LogP contribution in [0.25, 0.3) is 5.95 Å². The van der Waals surface area contributed by atoms with Crippen LogP contribution in [0.1, 0.15) is 12.6 Å². The summed E-state index contributed by atoms with van der Waals surface area (Å²) in [6.45, 7) is 3.74. The first-order chi connectivity index (χ1) is 15.8. The number of urea groups is 1. The number of sulfone groups is 1. The number of benzene rings is 1. The summed E-state index contributed by atoms with van der Waals surface area (Å²) in [6.07, 6.45) is 2.76. The first-order valence-corrected chi connectivity index (χ1v) is 12.4. The third-order valence-corrected chi connectivity index (χ3v) is 5.71.